The average molecular weight is 437 g/mol. The molecule has 8 heteroatoms. The fourth-order valence-corrected chi connectivity index (χ4v) is 5.24. The van der Waals surface area contributed by atoms with Crippen molar-refractivity contribution in [3.63, 3.8) is 0 Å². The van der Waals surface area contributed by atoms with Crippen LogP contribution in [0.1, 0.15) is 46.0 Å². The van der Waals surface area contributed by atoms with E-state index in [1.54, 1.807) is 0 Å². The van der Waals surface area contributed by atoms with Gasteiger partial charge in [-0.1, -0.05) is 6.42 Å². The molecule has 2 bridgehead atoms. The number of nitrogens with zero attached hydrogens (tertiary/aromatic N) is 3. The number of halogens is 2. The molecule has 2 atom stereocenters. The normalized spacial score (nSPS) is 30.0. The van der Waals surface area contributed by atoms with Gasteiger partial charge in [-0.2, -0.15) is 0 Å². The fourth-order valence-electron chi connectivity index (χ4n) is 5.24. The van der Waals surface area contributed by atoms with Crippen LogP contribution in [0.5, 0.6) is 0 Å². The maximum atomic E-state index is 13.0. The number of hydrogen-bond acceptors (Lipinski definition) is 4. The minimum Gasteiger partial charge on any atom is -0.342 e. The minimum absolute atomic E-state index is 0. The first-order valence-corrected chi connectivity index (χ1v) is 10.6. The van der Waals surface area contributed by atoms with Crippen molar-refractivity contribution >= 4 is 36.6 Å². The summed E-state index contributed by atoms with van der Waals surface area (Å²) in [6.07, 6.45) is 5.64. The van der Waals surface area contributed by atoms with Gasteiger partial charge in [-0.3, -0.25) is 14.5 Å². The van der Waals surface area contributed by atoms with Crippen molar-refractivity contribution in [2.75, 3.05) is 45.8 Å². The van der Waals surface area contributed by atoms with E-state index in [2.05, 4.69) is 4.90 Å². The second-order valence-electron chi connectivity index (χ2n) is 8.36. The Morgan fingerprint density at radius 3 is 2.00 bits per heavy atom. The minimum atomic E-state index is 0. The number of amides is 2. The van der Waals surface area contributed by atoms with Crippen LogP contribution in [-0.2, 0) is 9.59 Å². The molecule has 6 nitrogen and oxygen atoms in total. The molecule has 0 aromatic heterocycles. The first-order valence-electron chi connectivity index (χ1n) is 10.6. The highest BCUT2D eigenvalue weighted by Crippen LogP contribution is 2.42. The third-order valence-corrected chi connectivity index (χ3v) is 6.92. The zero-order chi connectivity index (χ0) is 18.7. The van der Waals surface area contributed by atoms with Gasteiger partial charge in [0, 0.05) is 51.2 Å². The van der Waals surface area contributed by atoms with Gasteiger partial charge in [-0.25, -0.2) is 0 Å². The second-order valence-corrected chi connectivity index (χ2v) is 8.36. The van der Waals surface area contributed by atoms with Gasteiger partial charge in [0.15, 0.2) is 0 Å². The molecule has 1 saturated heterocycles. The van der Waals surface area contributed by atoms with Crippen molar-refractivity contribution in [3.8, 4) is 0 Å². The molecule has 1 heterocycles. The highest BCUT2D eigenvalue weighted by Gasteiger charge is 2.41. The summed E-state index contributed by atoms with van der Waals surface area (Å²) >= 11 is 0. The lowest BCUT2D eigenvalue weighted by Gasteiger charge is -2.45. The average Bonchev–Trinajstić information content (AvgIpc) is 2.62. The predicted molar refractivity (Wildman–Crippen MR) is 117 cm³/mol. The van der Waals surface area contributed by atoms with Gasteiger partial charge in [0.05, 0.1) is 6.54 Å². The van der Waals surface area contributed by atoms with Crippen LogP contribution in [0.4, 0.5) is 0 Å². The molecule has 2 unspecified atom stereocenters. The van der Waals surface area contributed by atoms with Crippen molar-refractivity contribution in [2.24, 2.45) is 23.5 Å². The van der Waals surface area contributed by atoms with Gasteiger partial charge < -0.3 is 15.5 Å². The van der Waals surface area contributed by atoms with E-state index in [0.29, 0.717) is 30.3 Å². The smallest absolute Gasteiger partial charge is 0.236 e. The molecule has 164 valence electrons. The predicted octanol–water partition coefficient (Wildman–Crippen LogP) is 2.00. The maximum absolute atomic E-state index is 13.0. The van der Waals surface area contributed by atoms with E-state index in [1.165, 1.54) is 19.3 Å². The molecule has 0 radical (unpaired) electrons. The molecule has 2 N–H and O–H groups in total. The fraction of sp³-hybridized carbons (Fsp3) is 0.900. The first kappa shape index (κ1) is 25.5. The largest absolute Gasteiger partial charge is 0.342 e. The van der Waals surface area contributed by atoms with Gasteiger partial charge in [-0.15, -0.1) is 24.8 Å². The van der Waals surface area contributed by atoms with Crippen LogP contribution in [0, 0.1) is 17.8 Å². The molecule has 2 aliphatic carbocycles. The summed E-state index contributed by atoms with van der Waals surface area (Å²) in [7, 11) is 0. The van der Waals surface area contributed by atoms with Gasteiger partial charge in [0.1, 0.15) is 0 Å². The van der Waals surface area contributed by atoms with Crippen LogP contribution < -0.4 is 5.73 Å². The summed E-state index contributed by atoms with van der Waals surface area (Å²) in [6.45, 7) is 9.15. The van der Waals surface area contributed by atoms with Crippen LogP contribution in [0.3, 0.4) is 0 Å². The lowest BCUT2D eigenvalue weighted by atomic mass is 9.65. The number of carbonyl (C=O) groups is 2. The lowest BCUT2D eigenvalue weighted by molar-refractivity contribution is -0.141. The highest BCUT2D eigenvalue weighted by atomic mass is 35.5. The Balaban J connectivity index is 0.00000196. The van der Waals surface area contributed by atoms with E-state index in [9.17, 15) is 9.59 Å². The van der Waals surface area contributed by atoms with Crippen molar-refractivity contribution in [2.45, 2.75) is 52.0 Å². The van der Waals surface area contributed by atoms with Gasteiger partial charge in [0.25, 0.3) is 0 Å². The van der Waals surface area contributed by atoms with Crippen molar-refractivity contribution < 1.29 is 9.59 Å². The lowest BCUT2D eigenvalue weighted by Crippen LogP contribution is -2.54. The summed E-state index contributed by atoms with van der Waals surface area (Å²) in [5, 5.41) is 0. The molecule has 3 rings (SSSR count). The Morgan fingerprint density at radius 1 is 0.964 bits per heavy atom. The zero-order valence-corrected chi connectivity index (χ0v) is 19.0. The molecule has 2 saturated carbocycles. The van der Waals surface area contributed by atoms with Crippen LogP contribution in [0.15, 0.2) is 0 Å². The molecule has 0 aromatic rings. The van der Waals surface area contributed by atoms with Crippen LogP contribution >= 0.6 is 24.8 Å². The standard InChI is InChI=1S/C20H36N4O2.2ClH/c1-3-23(4-2)18(25)14-22-8-10-24(11-9-22)20(26)17-12-15-6-5-7-16(13-17)19(15)21;;/h15-17,19H,3-14,21H2,1-2H3;2*1H. The molecule has 28 heavy (non-hydrogen) atoms. The maximum Gasteiger partial charge on any atom is 0.236 e. The summed E-state index contributed by atoms with van der Waals surface area (Å²) < 4.78 is 0. The van der Waals surface area contributed by atoms with Crippen molar-refractivity contribution in [3.05, 3.63) is 0 Å². The summed E-state index contributed by atoms with van der Waals surface area (Å²) in [4.78, 5) is 31.4. The summed E-state index contributed by atoms with van der Waals surface area (Å²) in [5.41, 5.74) is 6.37. The third kappa shape index (κ3) is 5.74. The highest BCUT2D eigenvalue weighted by molar-refractivity contribution is 5.85. The van der Waals surface area contributed by atoms with E-state index in [4.69, 9.17) is 5.73 Å². The van der Waals surface area contributed by atoms with E-state index in [0.717, 1.165) is 52.1 Å². The zero-order valence-electron chi connectivity index (χ0n) is 17.3. The van der Waals surface area contributed by atoms with E-state index < -0.39 is 0 Å². The van der Waals surface area contributed by atoms with Crippen molar-refractivity contribution in [1.29, 1.82) is 0 Å². The van der Waals surface area contributed by atoms with Crippen LogP contribution in [-0.4, -0.2) is 78.4 Å². The van der Waals surface area contributed by atoms with Crippen molar-refractivity contribution in [1.82, 2.24) is 14.7 Å². The summed E-state index contributed by atoms with van der Waals surface area (Å²) in [5.74, 6) is 1.80. The Bertz CT molecular complexity index is 496. The van der Waals surface area contributed by atoms with Crippen LogP contribution in [0.25, 0.3) is 0 Å². The second kappa shape index (κ2) is 11.6. The van der Waals surface area contributed by atoms with Gasteiger partial charge >= 0.3 is 0 Å². The Hall–Kier alpha value is -0.560. The topological polar surface area (TPSA) is 69.9 Å². The molecular weight excluding hydrogens is 399 g/mol. The number of hydrogen-bond donors (Lipinski definition) is 1. The first-order chi connectivity index (χ1) is 12.5. The van der Waals surface area contributed by atoms with E-state index >= 15 is 0 Å². The molecular formula is C20H38Cl2N4O2. The Labute approximate surface area is 182 Å². The monoisotopic (exact) mass is 436 g/mol. The Kier molecular flexibility index (Phi) is 10.5. The number of rotatable bonds is 5. The van der Waals surface area contributed by atoms with E-state index in [-0.39, 0.29) is 36.6 Å². The van der Waals surface area contributed by atoms with E-state index in [1.807, 2.05) is 23.6 Å². The number of nitrogens with two attached hydrogens (primary N) is 1. The summed E-state index contributed by atoms with van der Waals surface area (Å²) in [6, 6.07) is 0.315. The number of fused-ring (bicyclic) bond motifs is 2. The number of likely N-dealkylation sites (N-methyl/N-ethyl adjacent to an activating group) is 1. The number of carbonyl (C=O) groups excluding carboxylic acids is 2. The Morgan fingerprint density at radius 2 is 1.50 bits per heavy atom. The van der Waals surface area contributed by atoms with Gasteiger partial charge in [0.2, 0.25) is 11.8 Å². The van der Waals surface area contributed by atoms with Crippen LogP contribution in [0.2, 0.25) is 0 Å². The molecule has 3 fully saturated rings. The quantitative estimate of drug-likeness (QED) is 0.715. The molecule has 3 aliphatic rings. The third-order valence-electron chi connectivity index (χ3n) is 6.92. The molecule has 2 amide bonds. The molecule has 1 aliphatic heterocycles. The SMILES string of the molecule is CCN(CC)C(=O)CN1CCN(C(=O)C2CC3CCCC(C2)C3N)CC1.Cl.Cl. The van der Waals surface area contributed by atoms with Gasteiger partial charge in [-0.05, 0) is 51.4 Å². The molecule has 0 aromatic carbocycles. The molecule has 0 spiro atoms. The number of piperazine rings is 1.